The van der Waals surface area contributed by atoms with Gasteiger partial charge in [-0.3, -0.25) is 24.0 Å². The molecule has 2 aliphatic rings. The summed E-state index contributed by atoms with van der Waals surface area (Å²) < 4.78 is 1.53. The number of likely N-dealkylation sites (tertiary alicyclic amines) is 1. The number of amides is 5. The van der Waals surface area contributed by atoms with Gasteiger partial charge in [-0.05, 0) is 41.1 Å². The molecule has 5 amide bonds. The lowest BCUT2D eigenvalue weighted by Gasteiger charge is -2.38. The Balaban J connectivity index is 1.81. The molecule has 1 aromatic rings. The minimum Gasteiger partial charge on any atom is -0.346 e. The van der Waals surface area contributed by atoms with Gasteiger partial charge in [-0.2, -0.15) is 0 Å². The van der Waals surface area contributed by atoms with Gasteiger partial charge in [0, 0.05) is 31.9 Å². The third-order valence-electron chi connectivity index (χ3n) is 9.40. The zero-order chi connectivity index (χ0) is 34.6. The van der Waals surface area contributed by atoms with E-state index in [9.17, 15) is 28.8 Å². The van der Waals surface area contributed by atoms with Crippen LogP contribution >= 0.6 is 0 Å². The van der Waals surface area contributed by atoms with Crippen LogP contribution < -0.4 is 26.8 Å². The summed E-state index contributed by atoms with van der Waals surface area (Å²) in [4.78, 5) is 80.7. The first kappa shape index (κ1) is 36.5. The van der Waals surface area contributed by atoms with Crippen LogP contribution in [0.25, 0.3) is 0 Å². The van der Waals surface area contributed by atoms with Crippen molar-refractivity contribution in [3.8, 4) is 0 Å². The smallest absolute Gasteiger partial charge is 0.315 e. The molecule has 2 heterocycles. The number of urea groups is 1. The standard InChI is InChI=1S/C34H52N6O6/c1-10-14-22(27(42)30(44)35-16-11-2)36-29(43)26-25-21(34(25,8)9)18-40(26)31(45)28(33(5,6)7)38-32(46)37-23(20(3)4)19-39-17-13-12-15-24(39)41/h11-13,15,17,20-23,25-26,28H,2,10,14,16,18-19H2,1,3-9H3,(H,35,44)(H,36,43)(H2,37,38,46)/t21-,22?,23+,25-,26-,28+/m0/s1. The second kappa shape index (κ2) is 14.6. The SMILES string of the molecule is C=CCNC(=O)C(=O)C(CCC)NC(=O)[C@@H]1[C@@H]2[C@H](CN1C(=O)[C@@H](NC(=O)N[C@H](Cn1ccccc1=O)C(C)C)C(C)(C)C)C2(C)C. The number of nitrogens with one attached hydrogen (secondary N) is 4. The van der Waals surface area contributed by atoms with Crippen molar-refractivity contribution in [1.82, 2.24) is 30.7 Å². The van der Waals surface area contributed by atoms with E-state index in [1.807, 2.05) is 41.5 Å². The first-order chi connectivity index (χ1) is 21.4. The highest BCUT2D eigenvalue weighted by Gasteiger charge is 2.69. The van der Waals surface area contributed by atoms with E-state index >= 15 is 0 Å². The molecule has 1 saturated carbocycles. The number of piperidine rings is 1. The van der Waals surface area contributed by atoms with Gasteiger partial charge in [0.25, 0.3) is 11.5 Å². The minimum atomic E-state index is -1.03. The fourth-order valence-electron chi connectivity index (χ4n) is 6.44. The molecule has 2 fully saturated rings. The first-order valence-corrected chi connectivity index (χ1v) is 16.2. The van der Waals surface area contributed by atoms with Crippen molar-refractivity contribution < 1.29 is 24.0 Å². The molecule has 254 valence electrons. The lowest BCUT2D eigenvalue weighted by Crippen LogP contribution is -2.62. The number of carbonyl (C=O) groups excluding carboxylic acids is 5. The quantitative estimate of drug-likeness (QED) is 0.180. The maximum atomic E-state index is 14.3. The van der Waals surface area contributed by atoms with Gasteiger partial charge in [-0.25, -0.2) is 4.79 Å². The Morgan fingerprint density at radius 2 is 1.76 bits per heavy atom. The van der Waals surface area contributed by atoms with Crippen molar-refractivity contribution >= 4 is 29.5 Å². The molecular formula is C34H52N6O6. The fraction of sp³-hybridized carbons (Fsp3) is 0.647. The van der Waals surface area contributed by atoms with Crippen LogP contribution in [0.3, 0.4) is 0 Å². The molecule has 1 aromatic heterocycles. The molecular weight excluding hydrogens is 588 g/mol. The Labute approximate surface area is 272 Å². The summed E-state index contributed by atoms with van der Waals surface area (Å²) in [6.45, 7) is 19.6. The van der Waals surface area contributed by atoms with Crippen molar-refractivity contribution in [3.05, 3.63) is 47.4 Å². The minimum absolute atomic E-state index is 0.0136. The lowest BCUT2D eigenvalue weighted by molar-refractivity contribution is -0.145. The van der Waals surface area contributed by atoms with E-state index in [1.54, 1.807) is 18.3 Å². The van der Waals surface area contributed by atoms with Crippen LogP contribution in [0.5, 0.6) is 0 Å². The van der Waals surface area contributed by atoms with Crippen LogP contribution in [0.1, 0.15) is 68.2 Å². The summed E-state index contributed by atoms with van der Waals surface area (Å²) in [7, 11) is 0. The molecule has 0 aromatic carbocycles. The van der Waals surface area contributed by atoms with E-state index in [0.717, 1.165) is 0 Å². The number of aromatic nitrogens is 1. The monoisotopic (exact) mass is 640 g/mol. The molecule has 0 bridgehead atoms. The maximum absolute atomic E-state index is 14.3. The van der Waals surface area contributed by atoms with E-state index in [-0.39, 0.29) is 48.2 Å². The second-order valence-electron chi connectivity index (χ2n) is 14.6. The first-order valence-electron chi connectivity index (χ1n) is 16.2. The van der Waals surface area contributed by atoms with Gasteiger partial charge in [0.05, 0.1) is 12.1 Å². The van der Waals surface area contributed by atoms with Gasteiger partial charge in [-0.1, -0.05) is 74.0 Å². The fourth-order valence-corrected chi connectivity index (χ4v) is 6.44. The Morgan fingerprint density at radius 3 is 2.33 bits per heavy atom. The molecule has 1 saturated heterocycles. The zero-order valence-electron chi connectivity index (χ0n) is 28.5. The van der Waals surface area contributed by atoms with Crippen LogP contribution in [0, 0.1) is 28.6 Å². The number of Topliss-reactive ketones (excluding diaryl/α,β-unsaturated/α-hetero) is 1. The summed E-state index contributed by atoms with van der Waals surface area (Å²) in [5, 5.41) is 11.1. The molecule has 1 aliphatic carbocycles. The third-order valence-corrected chi connectivity index (χ3v) is 9.40. The van der Waals surface area contributed by atoms with Crippen molar-refractivity contribution in [2.24, 2.45) is 28.6 Å². The summed E-state index contributed by atoms with van der Waals surface area (Å²) in [6.07, 6.45) is 3.94. The van der Waals surface area contributed by atoms with Crippen molar-refractivity contribution in [2.75, 3.05) is 13.1 Å². The van der Waals surface area contributed by atoms with Crippen molar-refractivity contribution in [1.29, 1.82) is 0 Å². The molecule has 1 unspecified atom stereocenters. The van der Waals surface area contributed by atoms with E-state index in [0.29, 0.717) is 13.0 Å². The number of nitrogens with zero attached hydrogens (tertiary/aromatic N) is 2. The molecule has 46 heavy (non-hydrogen) atoms. The van der Waals surface area contributed by atoms with Gasteiger partial charge in [0.15, 0.2) is 0 Å². The third kappa shape index (κ3) is 8.24. The molecule has 1 aliphatic heterocycles. The average Bonchev–Trinajstić information content (AvgIpc) is 3.28. The van der Waals surface area contributed by atoms with Gasteiger partial charge in [0.2, 0.25) is 17.6 Å². The number of carbonyl (C=O) groups is 5. The largest absolute Gasteiger partial charge is 0.346 e. The molecule has 12 heteroatoms. The number of hydrogen-bond acceptors (Lipinski definition) is 6. The second-order valence-corrected chi connectivity index (χ2v) is 14.6. The molecule has 0 spiro atoms. The molecule has 6 atom stereocenters. The number of hydrogen-bond donors (Lipinski definition) is 4. The average molecular weight is 641 g/mol. The Morgan fingerprint density at radius 1 is 1.09 bits per heavy atom. The number of fused-ring (bicyclic) bond motifs is 1. The highest BCUT2D eigenvalue weighted by Crippen LogP contribution is 2.65. The molecule has 0 radical (unpaired) electrons. The topological polar surface area (TPSA) is 159 Å². The summed E-state index contributed by atoms with van der Waals surface area (Å²) in [5.41, 5.74) is -1.09. The normalized spacial score (nSPS) is 21.8. The van der Waals surface area contributed by atoms with Crippen LogP contribution in [-0.4, -0.2) is 76.3 Å². The van der Waals surface area contributed by atoms with E-state index in [1.165, 1.54) is 21.6 Å². The zero-order valence-corrected chi connectivity index (χ0v) is 28.5. The van der Waals surface area contributed by atoms with Crippen LogP contribution in [0.2, 0.25) is 0 Å². The van der Waals surface area contributed by atoms with E-state index in [4.69, 9.17) is 0 Å². The molecule has 4 N–H and O–H groups in total. The number of pyridine rings is 1. The Hall–Kier alpha value is -3.96. The summed E-state index contributed by atoms with van der Waals surface area (Å²) in [5.74, 6) is -2.50. The Bertz CT molecular complexity index is 1380. The van der Waals surface area contributed by atoms with E-state index < -0.39 is 59.1 Å². The van der Waals surface area contributed by atoms with Crippen molar-refractivity contribution in [3.63, 3.8) is 0 Å². The predicted molar refractivity (Wildman–Crippen MR) is 176 cm³/mol. The highest BCUT2D eigenvalue weighted by molar-refractivity contribution is 6.38. The number of ketones is 1. The van der Waals surface area contributed by atoms with Crippen LogP contribution in [0.15, 0.2) is 41.8 Å². The highest BCUT2D eigenvalue weighted by atomic mass is 16.2. The van der Waals surface area contributed by atoms with Gasteiger partial charge in [-0.15, -0.1) is 6.58 Å². The van der Waals surface area contributed by atoms with Crippen LogP contribution in [-0.2, 0) is 25.7 Å². The summed E-state index contributed by atoms with van der Waals surface area (Å²) >= 11 is 0. The predicted octanol–water partition coefficient (Wildman–Crippen LogP) is 2.23. The van der Waals surface area contributed by atoms with Gasteiger partial charge < -0.3 is 30.7 Å². The van der Waals surface area contributed by atoms with Crippen LogP contribution in [0.4, 0.5) is 4.79 Å². The van der Waals surface area contributed by atoms with Crippen molar-refractivity contribution in [2.45, 2.75) is 98.9 Å². The molecule has 12 nitrogen and oxygen atoms in total. The summed E-state index contributed by atoms with van der Waals surface area (Å²) in [6, 6.07) is 1.03. The molecule has 3 rings (SSSR count). The number of rotatable bonds is 14. The van der Waals surface area contributed by atoms with Gasteiger partial charge in [0.1, 0.15) is 12.1 Å². The maximum Gasteiger partial charge on any atom is 0.315 e. The van der Waals surface area contributed by atoms with E-state index in [2.05, 4.69) is 41.7 Å². The van der Waals surface area contributed by atoms with Gasteiger partial charge >= 0.3 is 6.03 Å². The Kier molecular flexibility index (Phi) is 11.6. The lowest BCUT2D eigenvalue weighted by atomic mass is 9.85.